The molecule has 0 radical (unpaired) electrons. The molecule has 0 N–H and O–H groups in total. The van der Waals surface area contributed by atoms with Gasteiger partial charge in [-0.05, 0) is 70.7 Å². The molecule has 2 aromatic carbocycles. The number of nitrogens with zero attached hydrogens (tertiary/aromatic N) is 4. The second-order valence-electron chi connectivity index (χ2n) is 6.06. The van der Waals surface area contributed by atoms with Crippen molar-refractivity contribution in [1.82, 2.24) is 14.9 Å². The third-order valence-electron chi connectivity index (χ3n) is 4.08. The van der Waals surface area contributed by atoms with Crippen molar-refractivity contribution in [2.45, 2.75) is 13.8 Å². The number of hydrogen-bond donors (Lipinski definition) is 0. The standard InChI is InChI=1S/C20H21BrN4O3/c1-14-4-5-17(8-15(14)2)27-6-7-28-20-18(21)9-16(10-19(20)26-3)11-24-25-12-22-23-13-25/h4-5,8-13H,6-7H2,1-3H3/b24-11-. The molecular weight excluding hydrogens is 424 g/mol. The van der Waals surface area contributed by atoms with Crippen molar-refractivity contribution in [3.63, 3.8) is 0 Å². The molecule has 1 heterocycles. The van der Waals surface area contributed by atoms with Crippen LogP contribution in [0.25, 0.3) is 0 Å². The molecule has 0 fully saturated rings. The molecule has 1 aromatic heterocycles. The van der Waals surface area contributed by atoms with E-state index in [0.29, 0.717) is 24.7 Å². The third-order valence-corrected chi connectivity index (χ3v) is 4.66. The molecular formula is C20H21BrN4O3. The van der Waals surface area contributed by atoms with Gasteiger partial charge in [0.2, 0.25) is 0 Å². The maximum Gasteiger partial charge on any atom is 0.175 e. The summed E-state index contributed by atoms with van der Waals surface area (Å²) < 4.78 is 19.4. The Kier molecular flexibility index (Phi) is 6.65. The van der Waals surface area contributed by atoms with Gasteiger partial charge < -0.3 is 14.2 Å². The largest absolute Gasteiger partial charge is 0.493 e. The summed E-state index contributed by atoms with van der Waals surface area (Å²) in [6.45, 7) is 4.95. The molecule has 0 aliphatic rings. The van der Waals surface area contributed by atoms with Gasteiger partial charge in [0.1, 0.15) is 31.6 Å². The SMILES string of the molecule is COc1cc(/C=N\n2cnnc2)cc(Br)c1OCCOc1ccc(C)c(C)c1. The predicted molar refractivity (Wildman–Crippen MR) is 111 cm³/mol. The van der Waals surface area contributed by atoms with Crippen LogP contribution in [0.2, 0.25) is 0 Å². The minimum Gasteiger partial charge on any atom is -0.493 e. The van der Waals surface area contributed by atoms with Crippen molar-refractivity contribution in [2.24, 2.45) is 5.10 Å². The first-order chi connectivity index (χ1) is 13.6. The quantitative estimate of drug-likeness (QED) is 0.387. The smallest absolute Gasteiger partial charge is 0.175 e. The van der Waals surface area contributed by atoms with Gasteiger partial charge in [-0.15, -0.1) is 10.2 Å². The lowest BCUT2D eigenvalue weighted by molar-refractivity contribution is 0.210. The van der Waals surface area contributed by atoms with E-state index in [1.54, 1.807) is 13.3 Å². The number of aromatic nitrogens is 3. The first-order valence-electron chi connectivity index (χ1n) is 8.66. The van der Waals surface area contributed by atoms with E-state index in [-0.39, 0.29) is 0 Å². The van der Waals surface area contributed by atoms with Crippen molar-refractivity contribution < 1.29 is 14.2 Å². The van der Waals surface area contributed by atoms with Gasteiger partial charge in [-0.3, -0.25) is 0 Å². The zero-order valence-corrected chi connectivity index (χ0v) is 17.5. The number of rotatable bonds is 8. The average Bonchev–Trinajstić information content (AvgIpc) is 3.20. The zero-order chi connectivity index (χ0) is 19.9. The number of ether oxygens (including phenoxy) is 3. The van der Waals surface area contributed by atoms with E-state index in [0.717, 1.165) is 15.8 Å². The molecule has 28 heavy (non-hydrogen) atoms. The van der Waals surface area contributed by atoms with Crippen LogP contribution < -0.4 is 14.2 Å². The Bertz CT molecular complexity index is 958. The van der Waals surface area contributed by atoms with Gasteiger partial charge in [0.25, 0.3) is 0 Å². The summed E-state index contributed by atoms with van der Waals surface area (Å²) in [7, 11) is 1.60. The molecule has 8 heteroatoms. The van der Waals surface area contributed by atoms with Gasteiger partial charge in [-0.2, -0.15) is 5.10 Å². The Morgan fingerprint density at radius 1 is 1.04 bits per heavy atom. The fourth-order valence-corrected chi connectivity index (χ4v) is 3.02. The van der Waals surface area contributed by atoms with Crippen LogP contribution in [0.4, 0.5) is 0 Å². The van der Waals surface area contributed by atoms with Crippen LogP contribution in [-0.4, -0.2) is 41.4 Å². The molecule has 0 atom stereocenters. The van der Waals surface area contributed by atoms with Gasteiger partial charge >= 0.3 is 0 Å². The molecule has 0 saturated carbocycles. The fraction of sp³-hybridized carbons (Fsp3) is 0.250. The second-order valence-corrected chi connectivity index (χ2v) is 6.92. The summed E-state index contributed by atoms with van der Waals surface area (Å²) in [5.74, 6) is 2.05. The van der Waals surface area contributed by atoms with Crippen LogP contribution in [0.3, 0.4) is 0 Å². The van der Waals surface area contributed by atoms with Gasteiger partial charge in [0.05, 0.1) is 17.8 Å². The van der Waals surface area contributed by atoms with Crippen LogP contribution in [0.1, 0.15) is 16.7 Å². The van der Waals surface area contributed by atoms with Crippen molar-refractivity contribution >= 4 is 22.1 Å². The first-order valence-corrected chi connectivity index (χ1v) is 9.45. The fourth-order valence-electron chi connectivity index (χ4n) is 2.45. The molecule has 0 aliphatic heterocycles. The number of benzene rings is 2. The third kappa shape index (κ3) is 5.10. The van der Waals surface area contributed by atoms with Gasteiger partial charge in [-0.25, -0.2) is 4.68 Å². The Morgan fingerprint density at radius 3 is 2.50 bits per heavy atom. The van der Waals surface area contributed by atoms with Crippen molar-refractivity contribution in [2.75, 3.05) is 20.3 Å². The highest BCUT2D eigenvalue weighted by Crippen LogP contribution is 2.36. The Morgan fingerprint density at radius 2 is 1.79 bits per heavy atom. The highest BCUT2D eigenvalue weighted by atomic mass is 79.9. The summed E-state index contributed by atoms with van der Waals surface area (Å²) >= 11 is 3.53. The molecule has 7 nitrogen and oxygen atoms in total. The lowest BCUT2D eigenvalue weighted by Crippen LogP contribution is -2.10. The number of halogens is 1. The number of hydrogen-bond acceptors (Lipinski definition) is 6. The lowest BCUT2D eigenvalue weighted by Gasteiger charge is -2.14. The Labute approximate surface area is 172 Å². The molecule has 146 valence electrons. The van der Waals surface area contributed by atoms with Crippen LogP contribution in [0.15, 0.2) is 52.6 Å². The Hall–Kier alpha value is -2.87. The monoisotopic (exact) mass is 444 g/mol. The van der Waals surface area contributed by atoms with E-state index in [1.807, 2.05) is 30.3 Å². The van der Waals surface area contributed by atoms with E-state index >= 15 is 0 Å². The summed E-state index contributed by atoms with van der Waals surface area (Å²) in [4.78, 5) is 0. The highest BCUT2D eigenvalue weighted by molar-refractivity contribution is 9.10. The molecule has 0 bridgehead atoms. The minimum absolute atomic E-state index is 0.385. The van der Waals surface area contributed by atoms with E-state index in [2.05, 4.69) is 45.1 Å². The van der Waals surface area contributed by atoms with Crippen LogP contribution in [-0.2, 0) is 0 Å². The summed E-state index contributed by atoms with van der Waals surface area (Å²) in [5, 5.41) is 11.6. The van der Waals surface area contributed by atoms with Crippen molar-refractivity contribution in [3.8, 4) is 17.2 Å². The number of aryl methyl sites for hydroxylation is 2. The van der Waals surface area contributed by atoms with Crippen molar-refractivity contribution in [1.29, 1.82) is 0 Å². The average molecular weight is 445 g/mol. The Balaban J connectivity index is 1.62. The molecule has 3 rings (SSSR count). The summed E-state index contributed by atoms with van der Waals surface area (Å²) in [6, 6.07) is 9.78. The van der Waals surface area contributed by atoms with Crippen LogP contribution in [0, 0.1) is 13.8 Å². The summed E-state index contributed by atoms with van der Waals surface area (Å²) in [6.07, 6.45) is 4.70. The van der Waals surface area contributed by atoms with Crippen LogP contribution in [0.5, 0.6) is 17.2 Å². The minimum atomic E-state index is 0.385. The van der Waals surface area contributed by atoms with E-state index in [4.69, 9.17) is 14.2 Å². The maximum absolute atomic E-state index is 5.87. The second kappa shape index (κ2) is 9.36. The predicted octanol–water partition coefficient (Wildman–Crippen LogP) is 4.01. The maximum atomic E-state index is 5.87. The lowest BCUT2D eigenvalue weighted by atomic mass is 10.1. The highest BCUT2D eigenvalue weighted by Gasteiger charge is 2.11. The molecule has 3 aromatic rings. The molecule has 0 spiro atoms. The molecule has 0 amide bonds. The van der Waals surface area contributed by atoms with E-state index in [9.17, 15) is 0 Å². The van der Waals surface area contributed by atoms with Gasteiger partial charge in [-0.1, -0.05) is 6.07 Å². The first kappa shape index (κ1) is 19.9. The molecule has 0 aliphatic carbocycles. The van der Waals surface area contributed by atoms with E-state index in [1.165, 1.54) is 28.5 Å². The zero-order valence-electron chi connectivity index (χ0n) is 15.9. The topological polar surface area (TPSA) is 70.8 Å². The normalized spacial score (nSPS) is 11.0. The van der Waals surface area contributed by atoms with E-state index < -0.39 is 0 Å². The van der Waals surface area contributed by atoms with Gasteiger partial charge in [0.15, 0.2) is 11.5 Å². The van der Waals surface area contributed by atoms with Crippen LogP contribution >= 0.6 is 15.9 Å². The molecule has 0 unspecified atom stereocenters. The van der Waals surface area contributed by atoms with Gasteiger partial charge in [0, 0.05) is 0 Å². The number of methoxy groups -OCH3 is 1. The summed E-state index contributed by atoms with van der Waals surface area (Å²) in [5.41, 5.74) is 3.29. The van der Waals surface area contributed by atoms with Crippen molar-refractivity contribution in [3.05, 3.63) is 64.1 Å². The molecule has 0 saturated heterocycles.